The Hall–Kier alpha value is -3.65. The summed E-state index contributed by atoms with van der Waals surface area (Å²) < 4.78 is 6.23. The van der Waals surface area contributed by atoms with E-state index in [1.807, 2.05) is 6.07 Å². The van der Waals surface area contributed by atoms with Crippen LogP contribution in [0.2, 0.25) is 0 Å². The highest BCUT2D eigenvalue weighted by molar-refractivity contribution is 9.10. The van der Waals surface area contributed by atoms with Crippen molar-refractivity contribution >= 4 is 39.3 Å². The van der Waals surface area contributed by atoms with Crippen molar-refractivity contribution in [2.24, 2.45) is 0 Å². The monoisotopic (exact) mass is 467 g/mol. The molecule has 0 saturated carbocycles. The first-order chi connectivity index (χ1) is 14.5. The second-order valence-electron chi connectivity index (χ2n) is 6.14. The predicted molar refractivity (Wildman–Crippen MR) is 116 cm³/mol. The van der Waals surface area contributed by atoms with E-state index in [1.54, 1.807) is 72.8 Å². The second kappa shape index (κ2) is 10.2. The third kappa shape index (κ3) is 6.18. The van der Waals surface area contributed by atoms with Crippen LogP contribution in [0, 0.1) is 0 Å². The molecule has 0 aliphatic carbocycles. The van der Waals surface area contributed by atoms with Gasteiger partial charge in [-0.1, -0.05) is 34.1 Å². The Balaban J connectivity index is 1.45. The average Bonchev–Trinajstić information content (AvgIpc) is 2.78. The maximum Gasteiger partial charge on any atom is 0.276 e. The number of hydrogen-bond donors (Lipinski definition) is 3. The van der Waals surface area contributed by atoms with E-state index in [0.717, 1.165) is 4.47 Å². The Morgan fingerprint density at radius 3 is 2.03 bits per heavy atom. The molecule has 0 radical (unpaired) electrons. The molecule has 0 unspecified atom stereocenters. The number of hydrazine groups is 1. The third-order valence-electron chi connectivity index (χ3n) is 3.94. The molecule has 0 atom stereocenters. The Morgan fingerprint density at radius 1 is 0.733 bits per heavy atom. The minimum atomic E-state index is -0.502. The molecule has 0 bridgehead atoms. The summed E-state index contributed by atoms with van der Waals surface area (Å²) in [6.07, 6.45) is 0. The number of amides is 3. The van der Waals surface area contributed by atoms with Gasteiger partial charge < -0.3 is 10.1 Å². The number of anilines is 1. The van der Waals surface area contributed by atoms with Crippen LogP contribution in [0.4, 0.5) is 5.69 Å². The van der Waals surface area contributed by atoms with Gasteiger partial charge >= 0.3 is 0 Å². The number of rotatable bonds is 6. The van der Waals surface area contributed by atoms with Crippen molar-refractivity contribution in [1.29, 1.82) is 0 Å². The molecule has 0 aliphatic rings. The van der Waals surface area contributed by atoms with Gasteiger partial charge in [0.2, 0.25) is 0 Å². The molecule has 0 fully saturated rings. The number of nitrogens with one attached hydrogen (secondary N) is 3. The molecule has 3 aromatic carbocycles. The van der Waals surface area contributed by atoms with Crippen molar-refractivity contribution in [2.75, 3.05) is 11.9 Å². The number of benzene rings is 3. The molecule has 0 aliphatic heterocycles. The van der Waals surface area contributed by atoms with E-state index in [2.05, 4.69) is 32.1 Å². The van der Waals surface area contributed by atoms with Crippen molar-refractivity contribution in [2.45, 2.75) is 0 Å². The van der Waals surface area contributed by atoms with Gasteiger partial charge in [-0.25, -0.2) is 0 Å². The summed E-state index contributed by atoms with van der Waals surface area (Å²) in [6.45, 7) is -0.244. The van der Waals surface area contributed by atoms with E-state index in [0.29, 0.717) is 22.6 Å². The zero-order chi connectivity index (χ0) is 21.3. The maximum absolute atomic E-state index is 12.2. The number of halogens is 1. The number of carbonyl (C=O) groups excluding carboxylic acids is 3. The molecule has 30 heavy (non-hydrogen) atoms. The normalized spacial score (nSPS) is 10.0. The number of carbonyl (C=O) groups is 3. The van der Waals surface area contributed by atoms with Crippen molar-refractivity contribution in [3.63, 3.8) is 0 Å². The van der Waals surface area contributed by atoms with Crippen LogP contribution in [0.1, 0.15) is 20.7 Å². The van der Waals surface area contributed by atoms with Crippen LogP contribution >= 0.6 is 15.9 Å². The number of ether oxygens (including phenoxy) is 1. The minimum Gasteiger partial charge on any atom is -0.484 e. The van der Waals surface area contributed by atoms with Crippen molar-refractivity contribution in [3.8, 4) is 5.75 Å². The molecular formula is C22H18BrN3O4. The standard InChI is InChI=1S/C22H18BrN3O4/c23-17-8-12-19(13-9-17)30-14-20(27)25-26-22(29)16-6-10-18(11-7-16)24-21(28)15-4-2-1-3-5-15/h1-13H,14H2,(H,24,28)(H,25,27)(H,26,29). The van der Waals surface area contributed by atoms with Crippen molar-refractivity contribution in [1.82, 2.24) is 10.9 Å². The van der Waals surface area contributed by atoms with Crippen molar-refractivity contribution < 1.29 is 19.1 Å². The summed E-state index contributed by atoms with van der Waals surface area (Å²) in [7, 11) is 0. The lowest BCUT2D eigenvalue weighted by Crippen LogP contribution is -2.43. The fourth-order valence-corrected chi connectivity index (χ4v) is 2.68. The van der Waals surface area contributed by atoms with Gasteiger partial charge in [-0.05, 0) is 60.7 Å². The van der Waals surface area contributed by atoms with Gasteiger partial charge in [-0.15, -0.1) is 0 Å². The van der Waals surface area contributed by atoms with Gasteiger partial charge in [0.25, 0.3) is 17.7 Å². The first kappa shape index (κ1) is 21.1. The smallest absolute Gasteiger partial charge is 0.276 e. The summed E-state index contributed by atoms with van der Waals surface area (Å²) >= 11 is 3.31. The third-order valence-corrected chi connectivity index (χ3v) is 4.47. The molecule has 3 aromatic rings. The highest BCUT2D eigenvalue weighted by Gasteiger charge is 2.09. The summed E-state index contributed by atoms with van der Waals surface area (Å²) in [6, 6.07) is 22.1. The Labute approximate surface area is 181 Å². The zero-order valence-electron chi connectivity index (χ0n) is 15.7. The van der Waals surface area contributed by atoms with Gasteiger partial charge in [0.15, 0.2) is 6.61 Å². The fourth-order valence-electron chi connectivity index (χ4n) is 2.41. The van der Waals surface area contributed by atoms with Crippen LogP contribution < -0.4 is 20.9 Å². The summed E-state index contributed by atoms with van der Waals surface area (Å²) in [4.78, 5) is 36.1. The lowest BCUT2D eigenvalue weighted by molar-refractivity contribution is -0.123. The molecular weight excluding hydrogens is 450 g/mol. The van der Waals surface area contributed by atoms with Gasteiger partial charge in [-0.2, -0.15) is 0 Å². The Morgan fingerprint density at radius 2 is 1.37 bits per heavy atom. The molecule has 0 saturated heterocycles. The molecule has 8 heteroatoms. The molecule has 0 spiro atoms. The predicted octanol–water partition coefficient (Wildman–Crippen LogP) is 3.54. The van der Waals surface area contributed by atoms with Crippen LogP contribution in [0.15, 0.2) is 83.3 Å². The first-order valence-corrected chi connectivity index (χ1v) is 9.74. The number of hydrogen-bond acceptors (Lipinski definition) is 4. The van der Waals surface area contributed by atoms with Gasteiger partial charge in [0.05, 0.1) is 0 Å². The lowest BCUT2D eigenvalue weighted by atomic mass is 10.1. The molecule has 152 valence electrons. The molecule has 0 heterocycles. The molecule has 7 nitrogen and oxygen atoms in total. The van der Waals surface area contributed by atoms with E-state index >= 15 is 0 Å². The summed E-state index contributed by atoms with van der Waals surface area (Å²) in [5.41, 5.74) is 6.01. The van der Waals surface area contributed by atoms with E-state index < -0.39 is 11.8 Å². The van der Waals surface area contributed by atoms with E-state index in [1.165, 1.54) is 0 Å². The highest BCUT2D eigenvalue weighted by Crippen LogP contribution is 2.16. The topological polar surface area (TPSA) is 96.5 Å². The first-order valence-electron chi connectivity index (χ1n) is 8.95. The quantitative estimate of drug-likeness (QED) is 0.483. The second-order valence-corrected chi connectivity index (χ2v) is 7.06. The van der Waals surface area contributed by atoms with Crippen LogP contribution in [-0.2, 0) is 4.79 Å². The largest absolute Gasteiger partial charge is 0.484 e. The summed E-state index contributed by atoms with van der Waals surface area (Å²) in [5, 5.41) is 2.75. The summed E-state index contributed by atoms with van der Waals surface area (Å²) in [5.74, 6) is -0.704. The van der Waals surface area contributed by atoms with Crippen LogP contribution in [0.5, 0.6) is 5.75 Å². The van der Waals surface area contributed by atoms with Crippen LogP contribution in [-0.4, -0.2) is 24.3 Å². The Bertz CT molecular complexity index is 1020. The highest BCUT2D eigenvalue weighted by atomic mass is 79.9. The van der Waals surface area contributed by atoms with E-state index in [9.17, 15) is 14.4 Å². The zero-order valence-corrected chi connectivity index (χ0v) is 17.3. The van der Waals surface area contributed by atoms with E-state index in [4.69, 9.17) is 4.74 Å². The fraction of sp³-hybridized carbons (Fsp3) is 0.0455. The SMILES string of the molecule is O=C(COc1ccc(Br)cc1)NNC(=O)c1ccc(NC(=O)c2ccccc2)cc1. The average molecular weight is 468 g/mol. The van der Waals surface area contributed by atoms with Crippen LogP contribution in [0.25, 0.3) is 0 Å². The van der Waals surface area contributed by atoms with Gasteiger partial charge in [0, 0.05) is 21.3 Å². The molecule has 3 N–H and O–H groups in total. The minimum absolute atomic E-state index is 0.244. The Kier molecular flexibility index (Phi) is 7.18. The molecule has 0 aromatic heterocycles. The van der Waals surface area contributed by atoms with Crippen LogP contribution in [0.3, 0.4) is 0 Å². The molecule has 3 amide bonds. The lowest BCUT2D eigenvalue weighted by Gasteiger charge is -2.10. The molecule has 3 rings (SSSR count). The van der Waals surface area contributed by atoms with Gasteiger partial charge in [-0.3, -0.25) is 25.2 Å². The maximum atomic E-state index is 12.2. The van der Waals surface area contributed by atoms with Crippen molar-refractivity contribution in [3.05, 3.63) is 94.5 Å². The van der Waals surface area contributed by atoms with E-state index in [-0.39, 0.29) is 12.5 Å². The van der Waals surface area contributed by atoms with Gasteiger partial charge in [0.1, 0.15) is 5.75 Å².